The fraction of sp³-hybridized carbons (Fsp3) is 0.300. The van der Waals surface area contributed by atoms with E-state index in [0.717, 1.165) is 4.47 Å². The molecule has 0 saturated heterocycles. The van der Waals surface area contributed by atoms with Crippen molar-refractivity contribution >= 4 is 21.8 Å². The summed E-state index contributed by atoms with van der Waals surface area (Å²) in [6, 6.07) is 6.89. The first-order chi connectivity index (χ1) is 7.87. The normalized spacial score (nSPS) is 11.3. The Morgan fingerprint density at radius 2 is 2.12 bits per heavy atom. The van der Waals surface area contributed by atoms with E-state index in [2.05, 4.69) is 20.8 Å². The number of benzene rings is 1. The highest BCUT2D eigenvalue weighted by Gasteiger charge is 2.28. The van der Waals surface area contributed by atoms with Crippen LogP contribution in [0, 0.1) is 0 Å². The third-order valence-electron chi connectivity index (χ3n) is 1.68. The van der Waals surface area contributed by atoms with Gasteiger partial charge in [0.15, 0.2) is 6.61 Å². The Bertz CT molecular complexity index is 395. The van der Waals surface area contributed by atoms with Crippen molar-refractivity contribution in [2.75, 3.05) is 6.61 Å². The molecule has 0 radical (unpaired) electrons. The standard InChI is InChI=1S/C10H9BrF3NO2/c11-8-3-1-2-7(4-8)5-9(16)15-17-6-10(12,13)14/h1-4H,5-6H2,(H,15,16). The van der Waals surface area contributed by atoms with Crippen molar-refractivity contribution in [2.24, 2.45) is 0 Å². The van der Waals surface area contributed by atoms with Crippen LogP contribution in [0.2, 0.25) is 0 Å². The SMILES string of the molecule is O=C(Cc1cccc(Br)c1)NOCC(F)(F)F. The minimum atomic E-state index is -4.46. The van der Waals surface area contributed by atoms with Gasteiger partial charge in [-0.3, -0.25) is 9.63 Å². The van der Waals surface area contributed by atoms with E-state index in [1.807, 2.05) is 0 Å². The molecule has 1 aromatic rings. The van der Waals surface area contributed by atoms with Crippen LogP contribution in [0.3, 0.4) is 0 Å². The Hall–Kier alpha value is -1.08. The number of carbonyl (C=O) groups is 1. The molecular weight excluding hydrogens is 303 g/mol. The summed E-state index contributed by atoms with van der Waals surface area (Å²) in [5, 5.41) is 0. The lowest BCUT2D eigenvalue weighted by Gasteiger charge is -2.08. The van der Waals surface area contributed by atoms with Crippen molar-refractivity contribution in [3.8, 4) is 0 Å². The van der Waals surface area contributed by atoms with Gasteiger partial charge in [0.25, 0.3) is 0 Å². The molecule has 0 unspecified atom stereocenters. The summed E-state index contributed by atoms with van der Waals surface area (Å²) in [6.07, 6.45) is -4.50. The Morgan fingerprint density at radius 1 is 1.41 bits per heavy atom. The molecular formula is C10H9BrF3NO2. The average Bonchev–Trinajstić information content (AvgIpc) is 2.15. The van der Waals surface area contributed by atoms with Gasteiger partial charge in [-0.2, -0.15) is 13.2 Å². The first kappa shape index (κ1) is 14.0. The van der Waals surface area contributed by atoms with Gasteiger partial charge in [0.2, 0.25) is 5.91 Å². The molecule has 17 heavy (non-hydrogen) atoms. The molecule has 0 spiro atoms. The van der Waals surface area contributed by atoms with Crippen LogP contribution in [0.4, 0.5) is 13.2 Å². The van der Waals surface area contributed by atoms with E-state index < -0.39 is 18.7 Å². The lowest BCUT2D eigenvalue weighted by Crippen LogP contribution is -2.30. The molecule has 0 aromatic heterocycles. The third-order valence-corrected chi connectivity index (χ3v) is 2.17. The zero-order valence-electron chi connectivity index (χ0n) is 8.55. The summed E-state index contributed by atoms with van der Waals surface area (Å²) in [6.45, 7) is -1.50. The maximum Gasteiger partial charge on any atom is 0.414 e. The van der Waals surface area contributed by atoms with E-state index >= 15 is 0 Å². The van der Waals surface area contributed by atoms with Gasteiger partial charge in [0.05, 0.1) is 6.42 Å². The van der Waals surface area contributed by atoms with E-state index in [9.17, 15) is 18.0 Å². The molecule has 3 nitrogen and oxygen atoms in total. The average molecular weight is 312 g/mol. The van der Waals surface area contributed by atoms with Crippen molar-refractivity contribution in [1.82, 2.24) is 5.48 Å². The zero-order chi connectivity index (χ0) is 12.9. The third kappa shape index (κ3) is 6.28. The maximum atomic E-state index is 11.7. The van der Waals surface area contributed by atoms with Gasteiger partial charge in [-0.15, -0.1) is 0 Å². The smallest absolute Gasteiger partial charge is 0.272 e. The van der Waals surface area contributed by atoms with Crippen molar-refractivity contribution in [1.29, 1.82) is 0 Å². The number of hydroxylamine groups is 1. The predicted octanol–water partition coefficient (Wildman–Crippen LogP) is 2.60. The van der Waals surface area contributed by atoms with E-state index in [-0.39, 0.29) is 6.42 Å². The number of hydrogen-bond acceptors (Lipinski definition) is 2. The highest BCUT2D eigenvalue weighted by atomic mass is 79.9. The lowest BCUT2D eigenvalue weighted by molar-refractivity contribution is -0.191. The fourth-order valence-corrected chi connectivity index (χ4v) is 1.51. The van der Waals surface area contributed by atoms with Gasteiger partial charge in [-0.1, -0.05) is 28.1 Å². The Balaban J connectivity index is 2.35. The maximum absolute atomic E-state index is 11.7. The van der Waals surface area contributed by atoms with Crippen molar-refractivity contribution in [3.63, 3.8) is 0 Å². The summed E-state index contributed by atoms with van der Waals surface area (Å²) in [7, 11) is 0. The molecule has 0 fully saturated rings. The molecule has 0 aliphatic rings. The lowest BCUT2D eigenvalue weighted by atomic mass is 10.1. The molecule has 0 aliphatic carbocycles. The number of carbonyl (C=O) groups excluding carboxylic acids is 1. The monoisotopic (exact) mass is 311 g/mol. The second kappa shape index (κ2) is 6.02. The molecule has 1 amide bonds. The number of nitrogens with one attached hydrogen (secondary N) is 1. The molecule has 0 atom stereocenters. The molecule has 0 saturated carbocycles. The quantitative estimate of drug-likeness (QED) is 0.868. The topological polar surface area (TPSA) is 38.3 Å². The largest absolute Gasteiger partial charge is 0.414 e. The minimum Gasteiger partial charge on any atom is -0.272 e. The van der Waals surface area contributed by atoms with E-state index in [1.54, 1.807) is 29.7 Å². The predicted molar refractivity (Wildman–Crippen MR) is 58.0 cm³/mol. The summed E-state index contributed by atoms with van der Waals surface area (Å²) in [4.78, 5) is 15.2. The fourth-order valence-electron chi connectivity index (χ4n) is 1.07. The van der Waals surface area contributed by atoms with Crippen LogP contribution in [0.1, 0.15) is 5.56 Å². The van der Waals surface area contributed by atoms with Gasteiger partial charge < -0.3 is 0 Å². The summed E-state index contributed by atoms with van der Waals surface area (Å²) >= 11 is 3.22. The molecule has 1 N–H and O–H groups in total. The van der Waals surface area contributed by atoms with Gasteiger partial charge >= 0.3 is 6.18 Å². The number of halogens is 4. The number of rotatable bonds is 4. The second-order valence-corrected chi connectivity index (χ2v) is 4.15. The summed E-state index contributed by atoms with van der Waals surface area (Å²) < 4.78 is 35.9. The highest BCUT2D eigenvalue weighted by molar-refractivity contribution is 9.10. The van der Waals surface area contributed by atoms with Crippen molar-refractivity contribution in [2.45, 2.75) is 12.6 Å². The highest BCUT2D eigenvalue weighted by Crippen LogP contribution is 2.14. The van der Waals surface area contributed by atoms with E-state index in [1.165, 1.54) is 0 Å². The van der Waals surface area contributed by atoms with E-state index in [0.29, 0.717) is 5.56 Å². The molecule has 94 valence electrons. The van der Waals surface area contributed by atoms with Crippen LogP contribution in [-0.4, -0.2) is 18.7 Å². The van der Waals surface area contributed by atoms with Crippen LogP contribution < -0.4 is 5.48 Å². The summed E-state index contributed by atoms with van der Waals surface area (Å²) in [5.74, 6) is -0.632. The molecule has 1 rings (SSSR count). The van der Waals surface area contributed by atoms with E-state index in [4.69, 9.17) is 0 Å². The van der Waals surface area contributed by atoms with Crippen LogP contribution in [-0.2, 0) is 16.1 Å². The number of alkyl halides is 3. The minimum absolute atomic E-state index is 0.0443. The Labute approximate surface area is 104 Å². The second-order valence-electron chi connectivity index (χ2n) is 3.24. The van der Waals surface area contributed by atoms with Gasteiger partial charge in [0.1, 0.15) is 0 Å². The molecule has 0 bridgehead atoms. The zero-order valence-corrected chi connectivity index (χ0v) is 10.1. The van der Waals surface area contributed by atoms with Crippen LogP contribution in [0.5, 0.6) is 0 Å². The van der Waals surface area contributed by atoms with Gasteiger partial charge in [0, 0.05) is 4.47 Å². The molecule has 0 heterocycles. The first-order valence-electron chi connectivity index (χ1n) is 4.58. The van der Waals surface area contributed by atoms with Gasteiger partial charge in [-0.05, 0) is 17.7 Å². The Morgan fingerprint density at radius 3 is 2.71 bits per heavy atom. The molecule has 7 heteroatoms. The summed E-state index contributed by atoms with van der Waals surface area (Å²) in [5.41, 5.74) is 2.41. The van der Waals surface area contributed by atoms with Crippen LogP contribution in [0.25, 0.3) is 0 Å². The first-order valence-corrected chi connectivity index (χ1v) is 5.38. The van der Waals surface area contributed by atoms with Crippen LogP contribution in [0.15, 0.2) is 28.7 Å². The Kier molecular flexibility index (Phi) is 4.95. The number of hydrogen-bond donors (Lipinski definition) is 1. The molecule has 0 aliphatic heterocycles. The van der Waals surface area contributed by atoms with Crippen LogP contribution >= 0.6 is 15.9 Å². The molecule has 1 aromatic carbocycles. The number of amides is 1. The van der Waals surface area contributed by atoms with Crippen molar-refractivity contribution in [3.05, 3.63) is 34.3 Å². The van der Waals surface area contributed by atoms with Crippen molar-refractivity contribution < 1.29 is 22.8 Å². The van der Waals surface area contributed by atoms with Gasteiger partial charge in [-0.25, -0.2) is 5.48 Å².